The van der Waals surface area contributed by atoms with Crippen LogP contribution >= 0.6 is 0 Å². The minimum Gasteiger partial charge on any atom is -0.465 e. The molecule has 0 bridgehead atoms. The molecule has 0 aromatic heterocycles. The van der Waals surface area contributed by atoms with Crippen molar-refractivity contribution in [3.8, 4) is 11.1 Å². The predicted molar refractivity (Wildman–Crippen MR) is 88.9 cm³/mol. The first kappa shape index (κ1) is 16.4. The summed E-state index contributed by atoms with van der Waals surface area (Å²) in [6.45, 7) is 3.95. The van der Waals surface area contributed by atoms with Gasteiger partial charge in [0.2, 0.25) is 0 Å². The van der Waals surface area contributed by atoms with Crippen LogP contribution in [-0.4, -0.2) is 23.9 Å². The average Bonchev–Trinajstić information content (AvgIpc) is 2.47. The van der Waals surface area contributed by atoms with Crippen LogP contribution in [0.4, 0.5) is 21.0 Å². The van der Waals surface area contributed by atoms with Gasteiger partial charge in [-0.25, -0.2) is 9.59 Å². The molecule has 2 amide bonds. The number of carboxylic acid groups (broad SMARTS) is 1. The Morgan fingerprint density at radius 2 is 1.83 bits per heavy atom. The van der Waals surface area contributed by atoms with E-state index in [-0.39, 0.29) is 0 Å². The summed E-state index contributed by atoms with van der Waals surface area (Å²) < 4.78 is 4.85. The van der Waals surface area contributed by atoms with Gasteiger partial charge < -0.3 is 9.84 Å². The van der Waals surface area contributed by atoms with Crippen LogP contribution < -0.4 is 10.6 Å². The molecule has 0 atom stereocenters. The van der Waals surface area contributed by atoms with Gasteiger partial charge in [-0.1, -0.05) is 18.2 Å². The van der Waals surface area contributed by atoms with Gasteiger partial charge in [0.15, 0.2) is 0 Å². The molecule has 0 spiro atoms. The summed E-state index contributed by atoms with van der Waals surface area (Å²) >= 11 is 0. The van der Waals surface area contributed by atoms with Gasteiger partial charge in [-0.2, -0.15) is 0 Å². The summed E-state index contributed by atoms with van der Waals surface area (Å²) in [6.07, 6.45) is -1.60. The highest BCUT2D eigenvalue weighted by Gasteiger charge is 2.07. The molecule has 3 N–H and O–H groups in total. The van der Waals surface area contributed by atoms with Crippen LogP contribution in [0.25, 0.3) is 11.1 Å². The van der Waals surface area contributed by atoms with Crippen LogP contribution in [-0.2, 0) is 4.74 Å². The lowest BCUT2D eigenvalue weighted by atomic mass is 9.99. The maximum absolute atomic E-state index is 11.5. The topological polar surface area (TPSA) is 87.7 Å². The highest BCUT2D eigenvalue weighted by atomic mass is 16.5. The third kappa shape index (κ3) is 4.47. The van der Waals surface area contributed by atoms with Crippen LogP contribution in [0.15, 0.2) is 42.5 Å². The molecule has 0 aliphatic rings. The largest absolute Gasteiger partial charge is 0.465 e. The molecule has 0 fully saturated rings. The Morgan fingerprint density at radius 3 is 2.48 bits per heavy atom. The van der Waals surface area contributed by atoms with E-state index in [1.807, 2.05) is 31.2 Å². The number of carbonyl (C=O) groups is 2. The lowest BCUT2D eigenvalue weighted by molar-refractivity contribution is 0.168. The molecule has 2 rings (SSSR count). The first-order valence-corrected chi connectivity index (χ1v) is 7.14. The summed E-state index contributed by atoms with van der Waals surface area (Å²) in [6, 6.07) is 12.7. The Bertz CT molecular complexity index is 728. The van der Waals surface area contributed by atoms with Gasteiger partial charge in [0.05, 0.1) is 6.61 Å². The molecule has 0 unspecified atom stereocenters. The van der Waals surface area contributed by atoms with E-state index in [0.717, 1.165) is 16.7 Å². The van der Waals surface area contributed by atoms with Crippen molar-refractivity contribution in [1.82, 2.24) is 0 Å². The van der Waals surface area contributed by atoms with Crippen molar-refractivity contribution in [2.45, 2.75) is 13.8 Å². The number of benzene rings is 2. The lowest BCUT2D eigenvalue weighted by Crippen LogP contribution is -2.13. The molecule has 0 heterocycles. The zero-order valence-corrected chi connectivity index (χ0v) is 12.9. The highest BCUT2D eigenvalue weighted by Crippen LogP contribution is 2.28. The fourth-order valence-electron chi connectivity index (χ4n) is 2.24. The quantitative estimate of drug-likeness (QED) is 0.784. The van der Waals surface area contributed by atoms with E-state index >= 15 is 0 Å². The number of rotatable bonds is 4. The number of amides is 2. The molecule has 0 saturated carbocycles. The second kappa shape index (κ2) is 7.31. The van der Waals surface area contributed by atoms with Crippen molar-refractivity contribution < 1.29 is 19.4 Å². The monoisotopic (exact) mass is 314 g/mol. The Morgan fingerprint density at radius 1 is 1.09 bits per heavy atom. The fourth-order valence-corrected chi connectivity index (χ4v) is 2.24. The van der Waals surface area contributed by atoms with E-state index in [1.54, 1.807) is 25.1 Å². The predicted octanol–water partition coefficient (Wildman–Crippen LogP) is 4.32. The second-order valence-corrected chi connectivity index (χ2v) is 4.89. The minimum atomic E-state index is -1.10. The van der Waals surface area contributed by atoms with E-state index in [4.69, 9.17) is 9.84 Å². The van der Waals surface area contributed by atoms with E-state index in [1.165, 1.54) is 0 Å². The molecule has 2 aromatic rings. The Labute approximate surface area is 134 Å². The molecule has 0 radical (unpaired) electrons. The molecule has 0 aliphatic heterocycles. The number of nitrogens with one attached hydrogen (secondary N) is 2. The van der Waals surface area contributed by atoms with Gasteiger partial charge >= 0.3 is 12.2 Å². The van der Waals surface area contributed by atoms with Crippen LogP contribution in [0.2, 0.25) is 0 Å². The van der Waals surface area contributed by atoms with Gasteiger partial charge in [-0.05, 0) is 54.8 Å². The molecular weight excluding hydrogens is 296 g/mol. The fraction of sp³-hybridized carbons (Fsp3) is 0.176. The average molecular weight is 314 g/mol. The van der Waals surface area contributed by atoms with E-state index in [2.05, 4.69) is 10.6 Å². The number of hydrogen-bond donors (Lipinski definition) is 3. The Hall–Kier alpha value is -3.02. The SMILES string of the molecule is CCOC(=O)Nc1cccc(-c2ccc(NC(=O)O)cc2C)c1. The highest BCUT2D eigenvalue weighted by molar-refractivity contribution is 5.87. The van der Waals surface area contributed by atoms with Gasteiger partial charge in [0, 0.05) is 11.4 Å². The van der Waals surface area contributed by atoms with Crippen molar-refractivity contribution in [3.05, 3.63) is 48.0 Å². The summed E-state index contributed by atoms with van der Waals surface area (Å²) in [5.41, 5.74) is 3.93. The summed E-state index contributed by atoms with van der Waals surface area (Å²) in [7, 11) is 0. The van der Waals surface area contributed by atoms with E-state index in [0.29, 0.717) is 18.0 Å². The van der Waals surface area contributed by atoms with Gasteiger partial charge in [0.1, 0.15) is 0 Å². The number of hydrogen-bond acceptors (Lipinski definition) is 3. The van der Waals surface area contributed by atoms with E-state index < -0.39 is 12.2 Å². The zero-order chi connectivity index (χ0) is 16.8. The maximum atomic E-state index is 11.5. The van der Waals surface area contributed by atoms with Crippen molar-refractivity contribution in [3.63, 3.8) is 0 Å². The second-order valence-electron chi connectivity index (χ2n) is 4.89. The lowest BCUT2D eigenvalue weighted by Gasteiger charge is -2.11. The van der Waals surface area contributed by atoms with Gasteiger partial charge in [-0.3, -0.25) is 10.6 Å². The number of ether oxygens (including phenoxy) is 1. The zero-order valence-electron chi connectivity index (χ0n) is 12.9. The van der Waals surface area contributed by atoms with Crippen molar-refractivity contribution in [2.75, 3.05) is 17.2 Å². The van der Waals surface area contributed by atoms with Gasteiger partial charge in [-0.15, -0.1) is 0 Å². The summed E-state index contributed by atoms with van der Waals surface area (Å²) in [5, 5.41) is 13.7. The van der Waals surface area contributed by atoms with Crippen LogP contribution in [0, 0.1) is 6.92 Å². The standard InChI is InChI=1S/C17H18N2O4/c1-3-23-17(22)19-13-6-4-5-12(10-13)15-8-7-14(9-11(15)2)18-16(20)21/h4-10,18H,3H2,1-2H3,(H,19,22)(H,20,21). The third-order valence-corrected chi connectivity index (χ3v) is 3.17. The molecule has 2 aromatic carbocycles. The van der Waals surface area contributed by atoms with Crippen molar-refractivity contribution in [1.29, 1.82) is 0 Å². The van der Waals surface area contributed by atoms with Crippen molar-refractivity contribution in [2.24, 2.45) is 0 Å². The smallest absolute Gasteiger partial charge is 0.411 e. The minimum absolute atomic E-state index is 0.308. The molecule has 23 heavy (non-hydrogen) atoms. The first-order valence-electron chi connectivity index (χ1n) is 7.14. The van der Waals surface area contributed by atoms with Crippen molar-refractivity contribution >= 4 is 23.6 Å². The van der Waals surface area contributed by atoms with Gasteiger partial charge in [0.25, 0.3) is 0 Å². The maximum Gasteiger partial charge on any atom is 0.411 e. The molecule has 6 heteroatoms. The van der Waals surface area contributed by atoms with E-state index in [9.17, 15) is 9.59 Å². The molecule has 120 valence electrons. The molecule has 6 nitrogen and oxygen atoms in total. The molecule has 0 aliphatic carbocycles. The van der Waals surface area contributed by atoms with Crippen LogP contribution in [0.5, 0.6) is 0 Å². The number of anilines is 2. The summed E-state index contributed by atoms with van der Waals surface area (Å²) in [5.74, 6) is 0. The van der Waals surface area contributed by atoms with Crippen LogP contribution in [0.3, 0.4) is 0 Å². The normalized spacial score (nSPS) is 10.0. The molecule has 0 saturated heterocycles. The Kier molecular flexibility index (Phi) is 5.19. The van der Waals surface area contributed by atoms with Crippen LogP contribution in [0.1, 0.15) is 12.5 Å². The summed E-state index contributed by atoms with van der Waals surface area (Å²) in [4.78, 5) is 22.1. The Balaban J connectivity index is 2.24. The first-order chi connectivity index (χ1) is 11.0. The number of carbonyl (C=O) groups excluding carboxylic acids is 1. The third-order valence-electron chi connectivity index (χ3n) is 3.17. The number of aryl methyl sites for hydroxylation is 1. The molecular formula is C17H18N2O4.